The lowest BCUT2D eigenvalue weighted by molar-refractivity contribution is 0.102. The summed E-state index contributed by atoms with van der Waals surface area (Å²) in [6.45, 7) is 2.53. The minimum atomic E-state index is -0.341. The smallest absolute Gasteiger partial charge is 0.191 e. The fourth-order valence-electron chi connectivity index (χ4n) is 2.37. The van der Waals surface area contributed by atoms with Gasteiger partial charge in [0.25, 0.3) is 0 Å². The topological polar surface area (TPSA) is 47.8 Å². The van der Waals surface area contributed by atoms with Gasteiger partial charge in [-0.05, 0) is 31.2 Å². The number of nitrogens with zero attached hydrogens (tertiary/aromatic N) is 3. The number of ketones is 1. The highest BCUT2D eigenvalue weighted by atomic mass is 79.9. The van der Waals surface area contributed by atoms with Crippen molar-refractivity contribution in [3.05, 3.63) is 64.4 Å². The molecule has 0 atom stereocenters. The number of halogens is 2. The highest BCUT2D eigenvalue weighted by Gasteiger charge is 2.17. The summed E-state index contributed by atoms with van der Waals surface area (Å²) in [7, 11) is 0. The van der Waals surface area contributed by atoms with E-state index in [0.717, 1.165) is 4.47 Å². The molecular weight excluding hydrogens is 405 g/mol. The van der Waals surface area contributed by atoms with Crippen molar-refractivity contribution in [2.75, 3.05) is 5.75 Å². The molecule has 0 saturated carbocycles. The lowest BCUT2D eigenvalue weighted by Crippen LogP contribution is -2.05. The molecule has 1 heterocycles. The second kappa shape index (κ2) is 7.93. The van der Waals surface area contributed by atoms with Crippen molar-refractivity contribution in [1.82, 2.24) is 14.8 Å². The molecule has 3 aromatic rings. The molecule has 0 bridgehead atoms. The Morgan fingerprint density at radius 3 is 2.56 bits per heavy atom. The molecule has 7 heteroatoms. The zero-order chi connectivity index (χ0) is 17.8. The largest absolute Gasteiger partial charge is 0.302 e. The predicted molar refractivity (Wildman–Crippen MR) is 100 cm³/mol. The Morgan fingerprint density at radius 1 is 1.16 bits per heavy atom. The summed E-state index contributed by atoms with van der Waals surface area (Å²) in [6.07, 6.45) is 0. The number of hydrogen-bond donors (Lipinski definition) is 0. The Morgan fingerprint density at radius 2 is 1.88 bits per heavy atom. The minimum absolute atomic E-state index is 0.00981. The van der Waals surface area contributed by atoms with Crippen LogP contribution in [0.1, 0.15) is 17.3 Å². The summed E-state index contributed by atoms with van der Waals surface area (Å²) in [5.74, 6) is 0.388. The third-order valence-corrected chi connectivity index (χ3v) is 5.14. The summed E-state index contributed by atoms with van der Waals surface area (Å²) < 4.78 is 16.8. The summed E-state index contributed by atoms with van der Waals surface area (Å²) in [5.41, 5.74) is 1.05. The molecule has 0 radical (unpaired) electrons. The molecule has 0 amide bonds. The van der Waals surface area contributed by atoms with Gasteiger partial charge in [-0.1, -0.05) is 52.0 Å². The van der Waals surface area contributed by atoms with E-state index in [1.165, 1.54) is 17.8 Å². The molecule has 25 heavy (non-hydrogen) atoms. The van der Waals surface area contributed by atoms with Crippen molar-refractivity contribution in [3.63, 3.8) is 0 Å². The molecule has 0 fully saturated rings. The van der Waals surface area contributed by atoms with Crippen LogP contribution in [-0.2, 0) is 6.54 Å². The highest BCUT2D eigenvalue weighted by molar-refractivity contribution is 9.10. The second-order valence-electron chi connectivity index (χ2n) is 5.25. The van der Waals surface area contributed by atoms with Gasteiger partial charge in [-0.3, -0.25) is 4.79 Å². The van der Waals surface area contributed by atoms with Gasteiger partial charge in [-0.2, -0.15) is 0 Å². The van der Waals surface area contributed by atoms with Crippen LogP contribution in [0.15, 0.2) is 58.2 Å². The van der Waals surface area contributed by atoms with Crippen LogP contribution in [-0.4, -0.2) is 26.3 Å². The maximum absolute atomic E-state index is 14.0. The number of carbonyl (C=O) groups excluding carboxylic acids is 1. The molecule has 0 unspecified atom stereocenters. The van der Waals surface area contributed by atoms with Gasteiger partial charge in [0.1, 0.15) is 5.82 Å². The zero-order valence-corrected chi connectivity index (χ0v) is 15.8. The second-order valence-corrected chi connectivity index (χ2v) is 7.11. The maximum Gasteiger partial charge on any atom is 0.191 e. The monoisotopic (exact) mass is 419 g/mol. The van der Waals surface area contributed by atoms with Crippen LogP contribution < -0.4 is 0 Å². The van der Waals surface area contributed by atoms with Crippen LogP contribution in [0.3, 0.4) is 0 Å². The van der Waals surface area contributed by atoms with Gasteiger partial charge in [-0.15, -0.1) is 10.2 Å². The van der Waals surface area contributed by atoms with Gasteiger partial charge in [0.05, 0.1) is 11.3 Å². The third kappa shape index (κ3) is 3.99. The first-order chi connectivity index (χ1) is 12.1. The number of rotatable bonds is 6. The van der Waals surface area contributed by atoms with E-state index in [1.807, 2.05) is 23.6 Å². The van der Waals surface area contributed by atoms with Crippen molar-refractivity contribution in [3.8, 4) is 11.4 Å². The lowest BCUT2D eigenvalue weighted by Gasteiger charge is -2.07. The summed E-state index contributed by atoms with van der Waals surface area (Å²) in [6, 6.07) is 13.7. The first-order valence-electron chi connectivity index (χ1n) is 7.69. The van der Waals surface area contributed by atoms with Gasteiger partial charge in [0.15, 0.2) is 16.8 Å². The molecule has 4 nitrogen and oxygen atoms in total. The Balaban J connectivity index is 1.78. The summed E-state index contributed by atoms with van der Waals surface area (Å²) in [4.78, 5) is 12.3. The molecule has 1 aromatic heterocycles. The minimum Gasteiger partial charge on any atom is -0.302 e. The van der Waals surface area contributed by atoms with Crippen molar-refractivity contribution in [2.24, 2.45) is 0 Å². The molecular formula is C18H15BrFN3OS. The number of thioether (sulfide) groups is 1. The Labute approximate surface area is 157 Å². The van der Waals surface area contributed by atoms with Crippen LogP contribution in [0.2, 0.25) is 0 Å². The van der Waals surface area contributed by atoms with Gasteiger partial charge in [0, 0.05) is 16.6 Å². The van der Waals surface area contributed by atoms with E-state index in [4.69, 9.17) is 0 Å². The maximum atomic E-state index is 14.0. The Hall–Kier alpha value is -1.99. The Bertz CT molecular complexity index is 896. The molecule has 0 aliphatic carbocycles. The molecule has 0 aliphatic rings. The summed E-state index contributed by atoms with van der Waals surface area (Å²) >= 11 is 4.66. The molecule has 3 rings (SSSR count). The van der Waals surface area contributed by atoms with Crippen molar-refractivity contribution in [1.29, 1.82) is 0 Å². The van der Waals surface area contributed by atoms with Crippen LogP contribution in [0.5, 0.6) is 0 Å². The van der Waals surface area contributed by atoms with Gasteiger partial charge in [0.2, 0.25) is 0 Å². The van der Waals surface area contributed by atoms with Crippen LogP contribution in [0, 0.1) is 5.82 Å². The van der Waals surface area contributed by atoms with E-state index < -0.39 is 0 Å². The molecule has 0 N–H and O–H groups in total. The van der Waals surface area contributed by atoms with Crippen LogP contribution in [0.25, 0.3) is 11.4 Å². The molecule has 128 valence electrons. The fraction of sp³-hybridized carbons (Fsp3) is 0.167. The fourth-order valence-corrected chi connectivity index (χ4v) is 3.53. The number of hydrogen-bond acceptors (Lipinski definition) is 4. The average molecular weight is 420 g/mol. The average Bonchev–Trinajstić information content (AvgIpc) is 3.03. The van der Waals surface area contributed by atoms with E-state index >= 15 is 0 Å². The highest BCUT2D eigenvalue weighted by Crippen LogP contribution is 2.26. The first kappa shape index (κ1) is 17.8. The van der Waals surface area contributed by atoms with E-state index in [1.54, 1.807) is 30.3 Å². The number of benzene rings is 2. The van der Waals surface area contributed by atoms with Crippen LogP contribution in [0.4, 0.5) is 4.39 Å². The summed E-state index contributed by atoms with van der Waals surface area (Å²) in [5, 5.41) is 8.85. The number of carbonyl (C=O) groups is 1. The van der Waals surface area contributed by atoms with E-state index in [2.05, 4.69) is 26.1 Å². The van der Waals surface area contributed by atoms with E-state index in [9.17, 15) is 9.18 Å². The molecule has 0 spiro atoms. The standard InChI is InChI=1S/C18H15BrFN3OS/c1-2-23-17(14-5-3-4-6-15(14)20)21-22-18(23)25-11-16(24)12-7-9-13(19)10-8-12/h3-10H,2,11H2,1H3. The normalized spacial score (nSPS) is 10.8. The van der Waals surface area contributed by atoms with Crippen molar-refractivity contribution in [2.45, 2.75) is 18.6 Å². The first-order valence-corrected chi connectivity index (χ1v) is 9.47. The molecule has 0 saturated heterocycles. The molecule has 2 aromatic carbocycles. The van der Waals surface area contributed by atoms with Gasteiger partial charge in [-0.25, -0.2) is 4.39 Å². The van der Waals surface area contributed by atoms with Crippen LogP contribution >= 0.6 is 27.7 Å². The predicted octanol–water partition coefficient (Wildman–Crippen LogP) is 4.84. The Kier molecular flexibility index (Phi) is 5.65. The lowest BCUT2D eigenvalue weighted by atomic mass is 10.2. The quantitative estimate of drug-likeness (QED) is 0.423. The van der Waals surface area contributed by atoms with Gasteiger partial charge >= 0.3 is 0 Å². The molecule has 0 aliphatic heterocycles. The SMILES string of the molecule is CCn1c(SCC(=O)c2ccc(Br)cc2)nnc1-c1ccccc1F. The van der Waals surface area contributed by atoms with E-state index in [0.29, 0.717) is 28.7 Å². The zero-order valence-electron chi connectivity index (χ0n) is 13.4. The third-order valence-electron chi connectivity index (χ3n) is 3.65. The number of aromatic nitrogens is 3. The van der Waals surface area contributed by atoms with Gasteiger partial charge < -0.3 is 4.57 Å². The number of Topliss-reactive ketones (excluding diaryl/α,β-unsaturated/α-hetero) is 1. The van der Waals surface area contributed by atoms with E-state index in [-0.39, 0.29) is 17.4 Å². The van der Waals surface area contributed by atoms with Crippen molar-refractivity contribution < 1.29 is 9.18 Å². The van der Waals surface area contributed by atoms with Crippen molar-refractivity contribution >= 4 is 33.5 Å².